The standard InChI is InChI=1S/C19H15FN2OS2/c1-11-16(15-7-4-8-24-15)17-18(25-11)21-12(2)22(19(17)23)10-13-5-3-6-14(20)9-13/h3-9H,10H2,1-2H3. The molecule has 0 amide bonds. The van der Waals surface area contributed by atoms with Gasteiger partial charge in [0.2, 0.25) is 0 Å². The van der Waals surface area contributed by atoms with Gasteiger partial charge in [0.25, 0.3) is 5.56 Å². The lowest BCUT2D eigenvalue weighted by molar-refractivity contribution is 0.621. The van der Waals surface area contributed by atoms with Crippen molar-refractivity contribution in [1.82, 2.24) is 9.55 Å². The van der Waals surface area contributed by atoms with Gasteiger partial charge in [-0.3, -0.25) is 9.36 Å². The van der Waals surface area contributed by atoms with Crippen molar-refractivity contribution in [2.75, 3.05) is 0 Å². The van der Waals surface area contributed by atoms with Crippen molar-refractivity contribution in [3.05, 3.63) is 74.2 Å². The van der Waals surface area contributed by atoms with Gasteiger partial charge in [-0.05, 0) is 43.0 Å². The Morgan fingerprint density at radius 1 is 1.20 bits per heavy atom. The zero-order chi connectivity index (χ0) is 17.6. The highest BCUT2D eigenvalue weighted by Gasteiger charge is 2.19. The van der Waals surface area contributed by atoms with Crippen LogP contribution in [0.1, 0.15) is 16.3 Å². The summed E-state index contributed by atoms with van der Waals surface area (Å²) in [6.07, 6.45) is 0. The topological polar surface area (TPSA) is 34.9 Å². The molecule has 0 aliphatic carbocycles. The molecular weight excluding hydrogens is 355 g/mol. The molecule has 0 aliphatic heterocycles. The molecule has 0 unspecified atom stereocenters. The van der Waals surface area contributed by atoms with Gasteiger partial charge in [0.05, 0.1) is 11.9 Å². The van der Waals surface area contributed by atoms with Crippen molar-refractivity contribution >= 4 is 32.9 Å². The summed E-state index contributed by atoms with van der Waals surface area (Å²) in [5, 5.41) is 2.66. The van der Waals surface area contributed by atoms with E-state index < -0.39 is 0 Å². The molecule has 0 saturated heterocycles. The van der Waals surface area contributed by atoms with E-state index in [1.54, 1.807) is 33.3 Å². The lowest BCUT2D eigenvalue weighted by Gasteiger charge is -2.10. The van der Waals surface area contributed by atoms with Crippen LogP contribution >= 0.6 is 22.7 Å². The van der Waals surface area contributed by atoms with Crippen LogP contribution in [-0.2, 0) is 6.54 Å². The monoisotopic (exact) mass is 370 g/mol. The number of aromatic nitrogens is 2. The van der Waals surface area contributed by atoms with Crippen molar-refractivity contribution in [1.29, 1.82) is 0 Å². The summed E-state index contributed by atoms with van der Waals surface area (Å²) >= 11 is 3.16. The Morgan fingerprint density at radius 2 is 2.04 bits per heavy atom. The first-order chi connectivity index (χ1) is 12.0. The Kier molecular flexibility index (Phi) is 4.01. The molecule has 0 spiro atoms. The quantitative estimate of drug-likeness (QED) is 0.509. The van der Waals surface area contributed by atoms with Crippen LogP contribution in [0.4, 0.5) is 4.39 Å². The zero-order valence-electron chi connectivity index (χ0n) is 13.7. The van der Waals surface area contributed by atoms with E-state index in [0.29, 0.717) is 17.8 Å². The third-order valence-electron chi connectivity index (χ3n) is 4.18. The highest BCUT2D eigenvalue weighted by Crippen LogP contribution is 2.37. The third kappa shape index (κ3) is 2.81. The maximum atomic E-state index is 13.5. The van der Waals surface area contributed by atoms with E-state index in [-0.39, 0.29) is 11.4 Å². The SMILES string of the molecule is Cc1sc2nc(C)n(Cc3cccc(F)c3)c(=O)c2c1-c1cccs1. The van der Waals surface area contributed by atoms with E-state index in [1.165, 1.54) is 12.1 Å². The fourth-order valence-electron chi connectivity index (χ4n) is 3.02. The third-order valence-corrected chi connectivity index (χ3v) is 6.06. The van der Waals surface area contributed by atoms with Gasteiger partial charge in [-0.25, -0.2) is 9.37 Å². The van der Waals surface area contributed by atoms with E-state index >= 15 is 0 Å². The Hall–Kier alpha value is -2.31. The van der Waals surface area contributed by atoms with Crippen LogP contribution in [-0.4, -0.2) is 9.55 Å². The largest absolute Gasteiger partial charge is 0.292 e. The molecule has 3 aromatic heterocycles. The second-order valence-electron chi connectivity index (χ2n) is 5.87. The van der Waals surface area contributed by atoms with Crippen LogP contribution < -0.4 is 5.56 Å². The molecule has 0 atom stereocenters. The van der Waals surface area contributed by atoms with Crippen molar-refractivity contribution in [3.63, 3.8) is 0 Å². The first-order valence-corrected chi connectivity index (χ1v) is 9.53. The van der Waals surface area contributed by atoms with Crippen molar-refractivity contribution in [2.24, 2.45) is 0 Å². The Bertz CT molecular complexity index is 1130. The van der Waals surface area contributed by atoms with Crippen LogP contribution in [0.2, 0.25) is 0 Å². The van der Waals surface area contributed by atoms with Crippen molar-refractivity contribution in [3.8, 4) is 10.4 Å². The van der Waals surface area contributed by atoms with E-state index in [9.17, 15) is 9.18 Å². The van der Waals surface area contributed by atoms with Gasteiger partial charge in [-0.2, -0.15) is 0 Å². The van der Waals surface area contributed by atoms with Crippen LogP contribution in [0.5, 0.6) is 0 Å². The predicted molar refractivity (Wildman–Crippen MR) is 102 cm³/mol. The normalized spacial score (nSPS) is 11.3. The summed E-state index contributed by atoms with van der Waals surface area (Å²) in [6, 6.07) is 10.3. The number of fused-ring (bicyclic) bond motifs is 1. The molecule has 6 heteroatoms. The van der Waals surface area contributed by atoms with Gasteiger partial charge in [-0.1, -0.05) is 18.2 Å². The van der Waals surface area contributed by atoms with Gasteiger partial charge in [-0.15, -0.1) is 22.7 Å². The number of thiophene rings is 2. The molecule has 1 aromatic carbocycles. The van der Waals surface area contributed by atoms with Gasteiger partial charge in [0, 0.05) is 15.3 Å². The zero-order valence-corrected chi connectivity index (χ0v) is 15.4. The second-order valence-corrected chi connectivity index (χ2v) is 8.02. The molecule has 25 heavy (non-hydrogen) atoms. The highest BCUT2D eigenvalue weighted by atomic mass is 32.1. The lowest BCUT2D eigenvalue weighted by Crippen LogP contribution is -2.24. The van der Waals surface area contributed by atoms with E-state index in [0.717, 1.165) is 25.7 Å². The first kappa shape index (κ1) is 16.2. The van der Waals surface area contributed by atoms with Gasteiger partial charge >= 0.3 is 0 Å². The Labute approximate surface area is 152 Å². The van der Waals surface area contributed by atoms with Crippen molar-refractivity contribution in [2.45, 2.75) is 20.4 Å². The predicted octanol–water partition coefficient (Wildman–Crippen LogP) is 4.99. The van der Waals surface area contributed by atoms with E-state index in [1.807, 2.05) is 37.4 Å². The van der Waals surface area contributed by atoms with Crippen molar-refractivity contribution < 1.29 is 4.39 Å². The van der Waals surface area contributed by atoms with Gasteiger partial charge < -0.3 is 0 Å². The minimum absolute atomic E-state index is 0.0699. The second kappa shape index (κ2) is 6.20. The average Bonchev–Trinajstić information content (AvgIpc) is 3.18. The minimum atomic E-state index is -0.303. The minimum Gasteiger partial charge on any atom is -0.292 e. The summed E-state index contributed by atoms with van der Waals surface area (Å²) < 4.78 is 15.1. The lowest BCUT2D eigenvalue weighted by atomic mass is 10.1. The molecule has 0 bridgehead atoms. The van der Waals surface area contributed by atoms with E-state index in [4.69, 9.17) is 0 Å². The number of hydrogen-bond acceptors (Lipinski definition) is 4. The number of benzene rings is 1. The summed E-state index contributed by atoms with van der Waals surface area (Å²) in [5.41, 5.74) is 1.65. The molecule has 126 valence electrons. The van der Waals surface area contributed by atoms with E-state index in [2.05, 4.69) is 4.98 Å². The molecule has 3 heterocycles. The molecule has 4 aromatic rings. The highest BCUT2D eigenvalue weighted by molar-refractivity contribution is 7.20. The maximum absolute atomic E-state index is 13.5. The van der Waals surface area contributed by atoms with Crippen LogP contribution in [0, 0.1) is 19.7 Å². The molecule has 3 nitrogen and oxygen atoms in total. The Morgan fingerprint density at radius 3 is 2.76 bits per heavy atom. The number of aryl methyl sites for hydroxylation is 2. The molecule has 0 saturated carbocycles. The smallest absolute Gasteiger partial charge is 0.263 e. The fraction of sp³-hybridized carbons (Fsp3) is 0.158. The van der Waals surface area contributed by atoms with Gasteiger partial charge in [0.15, 0.2) is 0 Å². The number of nitrogens with zero attached hydrogens (tertiary/aromatic N) is 2. The molecule has 0 aliphatic rings. The summed E-state index contributed by atoms with van der Waals surface area (Å²) in [4.78, 5) is 20.8. The molecule has 4 rings (SSSR count). The summed E-state index contributed by atoms with van der Waals surface area (Å²) in [6.45, 7) is 4.15. The van der Waals surface area contributed by atoms with Gasteiger partial charge in [0.1, 0.15) is 16.5 Å². The first-order valence-electron chi connectivity index (χ1n) is 7.83. The van der Waals surface area contributed by atoms with Crippen LogP contribution in [0.3, 0.4) is 0 Å². The molecular formula is C19H15FN2OS2. The average molecular weight is 370 g/mol. The molecule has 0 radical (unpaired) electrons. The maximum Gasteiger partial charge on any atom is 0.263 e. The summed E-state index contributed by atoms with van der Waals surface area (Å²) in [7, 11) is 0. The molecule has 0 N–H and O–H groups in total. The number of halogens is 1. The van der Waals surface area contributed by atoms with Crippen LogP contribution in [0.25, 0.3) is 20.7 Å². The number of hydrogen-bond donors (Lipinski definition) is 0. The number of rotatable bonds is 3. The van der Waals surface area contributed by atoms with Crippen LogP contribution in [0.15, 0.2) is 46.6 Å². The molecule has 0 fully saturated rings. The fourth-order valence-corrected chi connectivity index (χ4v) is 4.99. The summed E-state index contributed by atoms with van der Waals surface area (Å²) in [5.74, 6) is 0.337. The Balaban J connectivity index is 1.94.